The molecule has 0 amide bonds. The third kappa shape index (κ3) is 7.35. The second kappa shape index (κ2) is 11.0. The van der Waals surface area contributed by atoms with Crippen LogP contribution in [-0.4, -0.2) is 40.9 Å². The van der Waals surface area contributed by atoms with Gasteiger partial charge in [0.15, 0.2) is 0 Å². The molecule has 0 aliphatic heterocycles. The number of para-hydroxylation sites is 2. The Morgan fingerprint density at radius 2 is 1.16 bits per heavy atom. The average molecular weight is 483 g/mol. The van der Waals surface area contributed by atoms with Gasteiger partial charge in [-0.3, -0.25) is 4.55 Å². The van der Waals surface area contributed by atoms with Crippen LogP contribution in [0.25, 0.3) is 0 Å². The molecular formula is C15H11N5Na2O7S2. The second-order valence-corrected chi connectivity index (χ2v) is 8.17. The zero-order valence-corrected chi connectivity index (χ0v) is 21.8. The maximum atomic E-state index is 11.8. The first kappa shape index (κ1) is 27.7. The summed E-state index contributed by atoms with van der Waals surface area (Å²) in [6, 6.07) is 9.32. The summed E-state index contributed by atoms with van der Waals surface area (Å²) in [5.74, 6) is -0.779. The Hall–Kier alpha value is -1.33. The van der Waals surface area contributed by atoms with E-state index in [4.69, 9.17) is 0 Å². The topological polar surface area (TPSA) is 197 Å². The Morgan fingerprint density at radius 3 is 1.61 bits per heavy atom. The molecule has 0 spiro atoms. The van der Waals surface area contributed by atoms with Crippen LogP contribution in [0.1, 0.15) is 0 Å². The molecule has 16 heteroatoms. The van der Waals surface area contributed by atoms with Crippen molar-refractivity contribution in [3.8, 4) is 6.01 Å². The van der Waals surface area contributed by atoms with Crippen molar-refractivity contribution in [3.63, 3.8) is 0 Å². The molecule has 0 saturated heterocycles. The van der Waals surface area contributed by atoms with Crippen molar-refractivity contribution >= 4 is 43.5 Å². The first-order chi connectivity index (χ1) is 13.5. The van der Waals surface area contributed by atoms with Crippen LogP contribution >= 0.6 is 0 Å². The Balaban J connectivity index is 0.00000240. The molecule has 0 fully saturated rings. The normalized spacial score (nSPS) is 11.0. The van der Waals surface area contributed by atoms with Crippen LogP contribution < -0.4 is 74.9 Å². The van der Waals surface area contributed by atoms with Crippen molar-refractivity contribution in [2.75, 3.05) is 10.6 Å². The number of hydrogen-bond donors (Lipinski definition) is 3. The standard InChI is InChI=1S/C15H13N5O7S2.2Na/c21-15-19-13(16-9-5-1-3-7-11(9)28(22,23)24)18-14(20-15)17-10-6-2-4-8-12(10)29(25,26)27;;/h1-8H,(H,22,23,24)(H,25,26,27)(H3,16,17,18,19,20,21);;/q;2*+1/p-2. The SMILES string of the molecule is O=S(=O)([O-])c1ccccc1Nc1nc([O-])nc(Nc2ccccc2S(=O)(=O)O)n1.[Na+].[Na+]. The van der Waals surface area contributed by atoms with Gasteiger partial charge in [0.05, 0.1) is 22.3 Å². The fraction of sp³-hybridized carbons (Fsp3) is 0. The van der Waals surface area contributed by atoms with E-state index in [1.807, 2.05) is 0 Å². The van der Waals surface area contributed by atoms with E-state index in [2.05, 4.69) is 25.6 Å². The number of anilines is 4. The summed E-state index contributed by atoms with van der Waals surface area (Å²) in [6.07, 6.45) is 0. The molecule has 1 aromatic heterocycles. The van der Waals surface area contributed by atoms with Crippen LogP contribution in [0.3, 0.4) is 0 Å². The molecule has 0 unspecified atom stereocenters. The third-order valence-electron chi connectivity index (χ3n) is 3.43. The molecule has 2 aromatic carbocycles. The van der Waals surface area contributed by atoms with Crippen LogP contribution in [0.5, 0.6) is 6.01 Å². The number of rotatable bonds is 6. The smallest absolute Gasteiger partial charge is 0.844 e. The average Bonchev–Trinajstić information content (AvgIpc) is 2.60. The van der Waals surface area contributed by atoms with Gasteiger partial charge in [0.2, 0.25) is 11.9 Å². The number of nitrogens with zero attached hydrogens (tertiary/aromatic N) is 3. The van der Waals surface area contributed by atoms with Gasteiger partial charge in [-0.05, 0) is 24.3 Å². The molecule has 0 aliphatic carbocycles. The minimum absolute atomic E-state index is 0. The van der Waals surface area contributed by atoms with Gasteiger partial charge in [-0.15, -0.1) is 0 Å². The molecule has 0 saturated carbocycles. The summed E-state index contributed by atoms with van der Waals surface area (Å²) >= 11 is 0. The van der Waals surface area contributed by atoms with E-state index in [1.165, 1.54) is 36.4 Å². The fourth-order valence-electron chi connectivity index (χ4n) is 2.29. The van der Waals surface area contributed by atoms with Gasteiger partial charge in [0.1, 0.15) is 15.0 Å². The van der Waals surface area contributed by atoms with Crippen molar-refractivity contribution in [2.45, 2.75) is 9.79 Å². The Kier molecular flexibility index (Phi) is 9.83. The van der Waals surface area contributed by atoms with E-state index < -0.39 is 42.0 Å². The Bertz CT molecular complexity index is 1190. The molecule has 31 heavy (non-hydrogen) atoms. The summed E-state index contributed by atoms with van der Waals surface area (Å²) in [5, 5.41) is 16.7. The number of hydrogen-bond acceptors (Lipinski definition) is 11. The van der Waals surface area contributed by atoms with E-state index in [9.17, 15) is 31.0 Å². The minimum atomic E-state index is -4.82. The maximum absolute atomic E-state index is 11.8. The van der Waals surface area contributed by atoms with Crippen LogP contribution in [0.15, 0.2) is 58.3 Å². The predicted molar refractivity (Wildman–Crippen MR) is 96.5 cm³/mol. The fourth-order valence-corrected chi connectivity index (χ4v) is 3.57. The zero-order valence-electron chi connectivity index (χ0n) is 16.2. The number of nitrogens with one attached hydrogen (secondary N) is 2. The minimum Gasteiger partial charge on any atom is -0.844 e. The second-order valence-electron chi connectivity index (χ2n) is 5.44. The van der Waals surface area contributed by atoms with Gasteiger partial charge in [0.25, 0.3) is 10.1 Å². The van der Waals surface area contributed by atoms with E-state index >= 15 is 0 Å². The quantitative estimate of drug-likeness (QED) is 0.223. The first-order valence-electron chi connectivity index (χ1n) is 7.62. The van der Waals surface area contributed by atoms with E-state index in [1.54, 1.807) is 0 Å². The van der Waals surface area contributed by atoms with E-state index in [0.29, 0.717) is 0 Å². The Labute approximate surface area is 221 Å². The van der Waals surface area contributed by atoms with Crippen molar-refractivity contribution in [1.29, 1.82) is 0 Å². The number of aromatic nitrogens is 3. The van der Waals surface area contributed by atoms with Gasteiger partial charge in [-0.2, -0.15) is 13.4 Å². The summed E-state index contributed by atoms with van der Waals surface area (Å²) in [6.45, 7) is 0. The largest absolute Gasteiger partial charge is 1.00 e. The number of benzene rings is 2. The molecule has 1 heterocycles. The van der Waals surface area contributed by atoms with Gasteiger partial charge < -0.3 is 20.3 Å². The van der Waals surface area contributed by atoms with Crippen LogP contribution in [0.4, 0.5) is 23.3 Å². The molecule has 3 aromatic rings. The van der Waals surface area contributed by atoms with Crippen LogP contribution in [0, 0.1) is 0 Å². The van der Waals surface area contributed by atoms with Crippen molar-refractivity contribution < 1.29 is 90.2 Å². The molecule has 0 radical (unpaired) electrons. The summed E-state index contributed by atoms with van der Waals surface area (Å²) in [4.78, 5) is 9.74. The molecule has 0 atom stereocenters. The molecule has 3 rings (SSSR count). The molecular weight excluding hydrogens is 472 g/mol. The van der Waals surface area contributed by atoms with Crippen molar-refractivity contribution in [1.82, 2.24) is 15.0 Å². The zero-order chi connectivity index (χ0) is 21.2. The van der Waals surface area contributed by atoms with E-state index in [0.717, 1.165) is 12.1 Å². The molecule has 3 N–H and O–H groups in total. The molecule has 0 aliphatic rings. The third-order valence-corrected chi connectivity index (χ3v) is 5.24. The van der Waals surface area contributed by atoms with Crippen molar-refractivity contribution in [2.24, 2.45) is 0 Å². The van der Waals surface area contributed by atoms with Crippen LogP contribution in [-0.2, 0) is 20.2 Å². The van der Waals surface area contributed by atoms with Crippen molar-refractivity contribution in [3.05, 3.63) is 48.5 Å². The van der Waals surface area contributed by atoms with Gasteiger partial charge >= 0.3 is 59.1 Å². The monoisotopic (exact) mass is 483 g/mol. The van der Waals surface area contributed by atoms with Gasteiger partial charge in [-0.1, -0.05) is 24.3 Å². The van der Waals surface area contributed by atoms with Crippen LogP contribution in [0.2, 0.25) is 0 Å². The predicted octanol–water partition coefficient (Wildman–Crippen LogP) is -5.41. The van der Waals surface area contributed by atoms with Gasteiger partial charge in [0, 0.05) is 0 Å². The first-order valence-corrected chi connectivity index (χ1v) is 10.5. The summed E-state index contributed by atoms with van der Waals surface area (Å²) < 4.78 is 66.2. The Morgan fingerprint density at radius 1 is 0.742 bits per heavy atom. The van der Waals surface area contributed by atoms with Gasteiger partial charge in [-0.25, -0.2) is 18.4 Å². The summed E-state index contributed by atoms with van der Waals surface area (Å²) in [5.41, 5.74) is -0.286. The summed E-state index contributed by atoms with van der Waals surface area (Å²) in [7, 11) is -9.39. The molecule has 152 valence electrons. The maximum Gasteiger partial charge on any atom is 1.00 e. The molecule has 12 nitrogen and oxygen atoms in total. The molecule has 0 bridgehead atoms. The van der Waals surface area contributed by atoms with E-state index in [-0.39, 0.29) is 76.4 Å².